The Balaban J connectivity index is 1.25. The van der Waals surface area contributed by atoms with Crippen molar-refractivity contribution in [3.8, 4) is 28.3 Å². The van der Waals surface area contributed by atoms with Crippen LogP contribution in [0.3, 0.4) is 0 Å². The van der Waals surface area contributed by atoms with Crippen LogP contribution in [0.2, 0.25) is 0 Å². The minimum absolute atomic E-state index is 0.572. The highest BCUT2D eigenvalue weighted by Gasteiger charge is 2.22. The summed E-state index contributed by atoms with van der Waals surface area (Å²) >= 11 is 0. The average molecular weight is 636 g/mol. The molecule has 0 aliphatic carbocycles. The maximum absolute atomic E-state index is 10.4. The van der Waals surface area contributed by atoms with Gasteiger partial charge >= 0.3 is 0 Å². The van der Waals surface area contributed by atoms with Crippen molar-refractivity contribution in [3.63, 3.8) is 0 Å². The standard InChI is InChI=1S/C47H25NO2/c48-26-27-21-32(38-24-30-11-3-7-15-36(30)44-42-34-13-5-1-9-28(34)17-19-40(42)49-46(38)44)23-33(22-27)39-25-31-12-4-8-16-37(31)45-43-35-14-6-2-10-29(35)18-20-41(43)50-47(39)45/h1-25H. The average Bonchev–Trinajstić information content (AvgIpc) is 3.78. The fourth-order valence-electron chi connectivity index (χ4n) is 8.21. The van der Waals surface area contributed by atoms with Gasteiger partial charge < -0.3 is 8.83 Å². The van der Waals surface area contributed by atoms with Gasteiger partial charge in [0, 0.05) is 32.7 Å². The second-order valence-corrected chi connectivity index (χ2v) is 13.1. The molecule has 2 heterocycles. The highest BCUT2D eigenvalue weighted by molar-refractivity contribution is 6.30. The van der Waals surface area contributed by atoms with Crippen molar-refractivity contribution >= 4 is 87.0 Å². The molecule has 0 saturated heterocycles. The summed E-state index contributed by atoms with van der Waals surface area (Å²) in [6.45, 7) is 0. The Kier molecular flexibility index (Phi) is 5.45. The van der Waals surface area contributed by atoms with Crippen LogP contribution in [-0.2, 0) is 0 Å². The molecule has 0 N–H and O–H groups in total. The predicted octanol–water partition coefficient (Wildman–Crippen LogP) is 13.3. The summed E-state index contributed by atoms with van der Waals surface area (Å²) in [6.07, 6.45) is 0. The van der Waals surface area contributed by atoms with E-state index in [1.807, 2.05) is 12.1 Å². The molecule has 0 amide bonds. The van der Waals surface area contributed by atoms with Crippen LogP contribution in [0.15, 0.2) is 160 Å². The Hall–Kier alpha value is -6.89. The number of nitrogens with zero attached hydrogens (tertiary/aromatic N) is 1. The first-order valence-corrected chi connectivity index (χ1v) is 16.8. The van der Waals surface area contributed by atoms with Gasteiger partial charge in [0.05, 0.1) is 11.6 Å². The van der Waals surface area contributed by atoms with Crippen LogP contribution in [0, 0.1) is 11.3 Å². The largest absolute Gasteiger partial charge is 0.455 e. The molecule has 0 atom stereocenters. The van der Waals surface area contributed by atoms with Gasteiger partial charge in [-0.15, -0.1) is 0 Å². The Morgan fingerprint density at radius 1 is 0.380 bits per heavy atom. The third kappa shape index (κ3) is 3.73. The molecular formula is C47H25NO2. The van der Waals surface area contributed by atoms with Gasteiger partial charge in [0.2, 0.25) is 0 Å². The molecular weight excluding hydrogens is 611 g/mol. The molecule has 0 radical (unpaired) electrons. The lowest BCUT2D eigenvalue weighted by atomic mass is 9.90. The number of benzene rings is 9. The zero-order chi connectivity index (χ0) is 32.9. The van der Waals surface area contributed by atoms with Crippen molar-refractivity contribution in [2.24, 2.45) is 0 Å². The van der Waals surface area contributed by atoms with Gasteiger partial charge in [0.1, 0.15) is 22.3 Å². The lowest BCUT2D eigenvalue weighted by Crippen LogP contribution is -1.88. The van der Waals surface area contributed by atoms with E-state index in [2.05, 4.69) is 146 Å². The molecule has 3 heteroatoms. The van der Waals surface area contributed by atoms with Crippen LogP contribution in [0.4, 0.5) is 0 Å². The summed E-state index contributed by atoms with van der Waals surface area (Å²) in [5.41, 5.74) is 7.63. The minimum atomic E-state index is 0.572. The number of hydrogen-bond acceptors (Lipinski definition) is 3. The van der Waals surface area contributed by atoms with Gasteiger partial charge in [-0.3, -0.25) is 0 Å². The summed E-state index contributed by atoms with van der Waals surface area (Å²) in [4.78, 5) is 0. The van der Waals surface area contributed by atoms with Crippen LogP contribution >= 0.6 is 0 Å². The van der Waals surface area contributed by atoms with Crippen LogP contribution in [0.1, 0.15) is 5.56 Å². The molecule has 0 fully saturated rings. The first-order chi connectivity index (χ1) is 24.7. The van der Waals surface area contributed by atoms with E-state index in [1.165, 1.54) is 10.8 Å². The van der Waals surface area contributed by atoms with Crippen molar-refractivity contribution in [2.75, 3.05) is 0 Å². The Bertz CT molecular complexity index is 3070. The molecule has 0 bridgehead atoms. The second-order valence-electron chi connectivity index (χ2n) is 13.1. The first-order valence-electron chi connectivity index (χ1n) is 16.8. The number of rotatable bonds is 2. The van der Waals surface area contributed by atoms with Gasteiger partial charge in [-0.05, 0) is 96.7 Å². The first kappa shape index (κ1) is 27.1. The summed E-state index contributed by atoms with van der Waals surface area (Å²) in [5.74, 6) is 0. The third-order valence-corrected chi connectivity index (χ3v) is 10.4. The number of hydrogen-bond donors (Lipinski definition) is 0. The Morgan fingerprint density at radius 2 is 0.780 bits per heavy atom. The molecule has 0 unspecified atom stereocenters. The summed E-state index contributed by atoms with van der Waals surface area (Å²) < 4.78 is 13.6. The van der Waals surface area contributed by atoms with Crippen molar-refractivity contribution in [1.29, 1.82) is 5.26 Å². The second kappa shape index (κ2) is 10.1. The molecule has 11 rings (SSSR count). The number of fused-ring (bicyclic) bond motifs is 14. The van der Waals surface area contributed by atoms with E-state index in [-0.39, 0.29) is 0 Å². The maximum atomic E-state index is 10.4. The molecule has 0 saturated carbocycles. The highest BCUT2D eigenvalue weighted by Crippen LogP contribution is 2.46. The molecule has 230 valence electrons. The van der Waals surface area contributed by atoms with Crippen molar-refractivity contribution < 1.29 is 8.83 Å². The zero-order valence-electron chi connectivity index (χ0n) is 26.7. The number of nitriles is 1. The summed E-state index contributed by atoms with van der Waals surface area (Å²) in [6, 6.07) is 55.3. The van der Waals surface area contributed by atoms with Gasteiger partial charge in [-0.25, -0.2) is 0 Å². The molecule has 11 aromatic rings. The fourth-order valence-corrected chi connectivity index (χ4v) is 8.21. The lowest BCUT2D eigenvalue weighted by Gasteiger charge is -2.12. The van der Waals surface area contributed by atoms with Crippen molar-refractivity contribution in [2.45, 2.75) is 0 Å². The van der Waals surface area contributed by atoms with Gasteiger partial charge in [0.25, 0.3) is 0 Å². The van der Waals surface area contributed by atoms with Crippen LogP contribution in [0.25, 0.3) is 109 Å². The van der Waals surface area contributed by atoms with E-state index < -0.39 is 0 Å². The van der Waals surface area contributed by atoms with E-state index in [1.54, 1.807) is 0 Å². The van der Waals surface area contributed by atoms with Crippen LogP contribution in [-0.4, -0.2) is 0 Å². The van der Waals surface area contributed by atoms with Gasteiger partial charge in [0.15, 0.2) is 0 Å². The topological polar surface area (TPSA) is 50.1 Å². The molecule has 9 aromatic carbocycles. The quantitative estimate of drug-likeness (QED) is 0.190. The summed E-state index contributed by atoms with van der Waals surface area (Å²) in [5, 5.41) is 24.0. The molecule has 0 aliphatic heterocycles. The van der Waals surface area contributed by atoms with E-state index in [0.717, 1.165) is 98.4 Å². The Labute approximate surface area is 285 Å². The zero-order valence-corrected chi connectivity index (χ0v) is 26.7. The fraction of sp³-hybridized carbons (Fsp3) is 0. The SMILES string of the molecule is N#Cc1cc(-c2cc3ccccc3c3c2oc2ccc4ccccc4c23)cc(-c2cc3ccccc3c3c2oc2ccc4ccccc4c23)c1. The molecule has 2 aromatic heterocycles. The van der Waals surface area contributed by atoms with Gasteiger partial charge in [-0.1, -0.05) is 109 Å². The summed E-state index contributed by atoms with van der Waals surface area (Å²) in [7, 11) is 0. The third-order valence-electron chi connectivity index (χ3n) is 10.4. The van der Waals surface area contributed by atoms with Crippen molar-refractivity contribution in [1.82, 2.24) is 0 Å². The minimum Gasteiger partial charge on any atom is -0.455 e. The smallest absolute Gasteiger partial charge is 0.143 e. The lowest BCUT2D eigenvalue weighted by molar-refractivity contribution is 0.670. The Morgan fingerprint density at radius 3 is 1.22 bits per heavy atom. The molecule has 0 spiro atoms. The molecule has 0 aliphatic rings. The maximum Gasteiger partial charge on any atom is 0.143 e. The molecule has 3 nitrogen and oxygen atoms in total. The van der Waals surface area contributed by atoms with Crippen LogP contribution in [0.5, 0.6) is 0 Å². The van der Waals surface area contributed by atoms with Crippen LogP contribution < -0.4 is 0 Å². The monoisotopic (exact) mass is 635 g/mol. The van der Waals surface area contributed by atoms with E-state index in [0.29, 0.717) is 5.56 Å². The predicted molar refractivity (Wildman–Crippen MR) is 207 cm³/mol. The molecule has 50 heavy (non-hydrogen) atoms. The van der Waals surface area contributed by atoms with E-state index >= 15 is 0 Å². The van der Waals surface area contributed by atoms with Gasteiger partial charge in [-0.2, -0.15) is 5.26 Å². The van der Waals surface area contributed by atoms with E-state index in [9.17, 15) is 5.26 Å². The highest BCUT2D eigenvalue weighted by atomic mass is 16.3. The van der Waals surface area contributed by atoms with E-state index in [4.69, 9.17) is 8.83 Å². The van der Waals surface area contributed by atoms with Crippen molar-refractivity contribution in [3.05, 3.63) is 157 Å². The number of furan rings is 2. The normalized spacial score (nSPS) is 12.0.